The van der Waals surface area contributed by atoms with Crippen LogP contribution < -0.4 is 0 Å². The van der Waals surface area contributed by atoms with Gasteiger partial charge >= 0.3 is 5.97 Å². The van der Waals surface area contributed by atoms with Gasteiger partial charge in [0.25, 0.3) is 0 Å². The predicted octanol–water partition coefficient (Wildman–Crippen LogP) is 3.38. The van der Waals surface area contributed by atoms with Crippen LogP contribution in [0.5, 0.6) is 0 Å². The van der Waals surface area contributed by atoms with Gasteiger partial charge in [0.1, 0.15) is 0 Å². The van der Waals surface area contributed by atoms with E-state index in [1.807, 2.05) is 0 Å². The first kappa shape index (κ1) is 14.8. The van der Waals surface area contributed by atoms with E-state index >= 15 is 0 Å². The summed E-state index contributed by atoms with van der Waals surface area (Å²) in [6, 6.07) is 0. The predicted molar refractivity (Wildman–Crippen MR) is 77.1 cm³/mol. The van der Waals surface area contributed by atoms with E-state index in [2.05, 4.69) is 11.8 Å². The van der Waals surface area contributed by atoms with Crippen molar-refractivity contribution in [1.82, 2.24) is 4.90 Å². The number of nitrogens with zero attached hydrogens (tertiary/aromatic N) is 1. The number of piperidine rings is 1. The zero-order valence-corrected chi connectivity index (χ0v) is 12.5. The fourth-order valence-corrected chi connectivity index (χ4v) is 3.55. The van der Waals surface area contributed by atoms with Crippen LogP contribution in [0.3, 0.4) is 0 Å². The first-order valence-corrected chi connectivity index (χ1v) is 8.12. The lowest BCUT2D eigenvalue weighted by Crippen LogP contribution is -2.43. The van der Waals surface area contributed by atoms with Gasteiger partial charge in [-0.05, 0) is 50.6 Å². The van der Waals surface area contributed by atoms with Crippen LogP contribution >= 0.6 is 0 Å². The van der Waals surface area contributed by atoms with Crippen molar-refractivity contribution in [1.29, 1.82) is 0 Å². The Bertz CT molecular complexity index is 274. The molecule has 0 aromatic rings. The average molecular weight is 267 g/mol. The van der Waals surface area contributed by atoms with Gasteiger partial charge in [0.2, 0.25) is 0 Å². The van der Waals surface area contributed by atoms with Crippen LogP contribution in [0.25, 0.3) is 0 Å². The maximum Gasteiger partial charge on any atom is 0.320 e. The van der Waals surface area contributed by atoms with Crippen LogP contribution in [0.2, 0.25) is 0 Å². The van der Waals surface area contributed by atoms with Crippen molar-refractivity contribution < 1.29 is 9.53 Å². The Balaban J connectivity index is 1.66. The first-order chi connectivity index (χ1) is 9.24. The summed E-state index contributed by atoms with van der Waals surface area (Å²) in [5.74, 6) is -0.0342. The van der Waals surface area contributed by atoms with Crippen LogP contribution in [0, 0.1) is 5.41 Å². The highest BCUT2D eigenvalue weighted by atomic mass is 16.5. The lowest BCUT2D eigenvalue weighted by molar-refractivity contribution is -0.145. The molecule has 1 saturated carbocycles. The van der Waals surface area contributed by atoms with Crippen molar-refractivity contribution in [3.63, 3.8) is 0 Å². The Hall–Kier alpha value is -0.570. The molecule has 0 amide bonds. The molecule has 0 bridgehead atoms. The van der Waals surface area contributed by atoms with Crippen molar-refractivity contribution in [2.45, 2.75) is 64.7 Å². The van der Waals surface area contributed by atoms with E-state index in [4.69, 9.17) is 4.74 Å². The number of carbonyl (C=O) groups is 1. The smallest absolute Gasteiger partial charge is 0.320 e. The molecule has 1 heterocycles. The minimum absolute atomic E-state index is 0.0342. The van der Waals surface area contributed by atoms with Crippen LogP contribution in [0.4, 0.5) is 0 Å². The molecule has 0 radical (unpaired) electrons. The summed E-state index contributed by atoms with van der Waals surface area (Å²) in [6.07, 6.45) is 11.7. The third-order valence-corrected chi connectivity index (χ3v) is 4.94. The van der Waals surface area contributed by atoms with Crippen LogP contribution in [-0.4, -0.2) is 37.1 Å². The van der Waals surface area contributed by atoms with E-state index in [9.17, 15) is 4.79 Å². The molecular weight excluding hydrogens is 238 g/mol. The third-order valence-electron chi connectivity index (χ3n) is 4.94. The molecule has 19 heavy (non-hydrogen) atoms. The fourth-order valence-electron chi connectivity index (χ4n) is 3.55. The Morgan fingerprint density at radius 3 is 2.42 bits per heavy atom. The summed E-state index contributed by atoms with van der Waals surface area (Å²) >= 11 is 0. The molecular formula is C16H29NO2. The van der Waals surface area contributed by atoms with Gasteiger partial charge in [0, 0.05) is 0 Å². The lowest BCUT2D eigenvalue weighted by atomic mass is 9.68. The van der Waals surface area contributed by atoms with Crippen molar-refractivity contribution >= 4 is 5.97 Å². The van der Waals surface area contributed by atoms with Crippen molar-refractivity contribution in [2.24, 2.45) is 5.41 Å². The SMILES string of the molecule is CCCCOC(=O)CN1CCC2(CCCCC2)CC1. The minimum Gasteiger partial charge on any atom is -0.465 e. The molecule has 2 rings (SSSR count). The molecule has 1 aliphatic heterocycles. The summed E-state index contributed by atoms with van der Waals surface area (Å²) in [4.78, 5) is 14.0. The van der Waals surface area contributed by atoms with Gasteiger partial charge in [0.05, 0.1) is 13.2 Å². The minimum atomic E-state index is -0.0342. The Kier molecular flexibility index (Phi) is 5.68. The largest absolute Gasteiger partial charge is 0.465 e. The van der Waals surface area contributed by atoms with E-state index in [1.165, 1.54) is 44.9 Å². The number of unbranched alkanes of at least 4 members (excludes halogenated alkanes) is 1. The molecule has 2 fully saturated rings. The molecule has 0 N–H and O–H groups in total. The van der Waals surface area contributed by atoms with E-state index < -0.39 is 0 Å². The second-order valence-corrected chi connectivity index (χ2v) is 6.41. The van der Waals surface area contributed by atoms with E-state index in [0.717, 1.165) is 25.9 Å². The summed E-state index contributed by atoms with van der Waals surface area (Å²) in [7, 11) is 0. The maximum absolute atomic E-state index is 11.7. The van der Waals surface area contributed by atoms with Gasteiger partial charge in [-0.3, -0.25) is 9.69 Å². The first-order valence-electron chi connectivity index (χ1n) is 8.12. The van der Waals surface area contributed by atoms with Gasteiger partial charge in [-0.2, -0.15) is 0 Å². The summed E-state index contributed by atoms with van der Waals surface area (Å²) in [5.41, 5.74) is 0.626. The molecule has 110 valence electrons. The zero-order valence-electron chi connectivity index (χ0n) is 12.5. The molecule has 3 nitrogen and oxygen atoms in total. The Morgan fingerprint density at radius 1 is 1.11 bits per heavy atom. The second-order valence-electron chi connectivity index (χ2n) is 6.41. The van der Waals surface area contributed by atoms with E-state index in [-0.39, 0.29) is 5.97 Å². The highest BCUT2D eigenvalue weighted by Gasteiger charge is 2.35. The summed E-state index contributed by atoms with van der Waals surface area (Å²) in [5, 5.41) is 0. The molecule has 2 aliphatic rings. The molecule has 0 aromatic heterocycles. The van der Waals surface area contributed by atoms with Crippen molar-refractivity contribution in [2.75, 3.05) is 26.2 Å². The summed E-state index contributed by atoms with van der Waals surface area (Å²) < 4.78 is 5.24. The monoisotopic (exact) mass is 267 g/mol. The molecule has 0 aromatic carbocycles. The lowest BCUT2D eigenvalue weighted by Gasteiger charge is -2.44. The summed E-state index contributed by atoms with van der Waals surface area (Å²) in [6.45, 7) is 5.38. The van der Waals surface area contributed by atoms with Crippen LogP contribution in [0.15, 0.2) is 0 Å². The van der Waals surface area contributed by atoms with Crippen LogP contribution in [-0.2, 0) is 9.53 Å². The standard InChI is InChI=1S/C16H29NO2/c1-2-3-13-19-15(18)14-17-11-9-16(10-12-17)7-5-4-6-8-16/h2-14H2,1H3. The van der Waals surface area contributed by atoms with E-state index in [1.54, 1.807) is 0 Å². The Labute approximate surface area is 117 Å². The Morgan fingerprint density at radius 2 is 1.79 bits per heavy atom. The number of hydrogen-bond acceptors (Lipinski definition) is 3. The number of likely N-dealkylation sites (tertiary alicyclic amines) is 1. The van der Waals surface area contributed by atoms with Gasteiger partial charge in [-0.1, -0.05) is 32.6 Å². The molecule has 1 saturated heterocycles. The van der Waals surface area contributed by atoms with Crippen LogP contribution in [0.1, 0.15) is 64.7 Å². The van der Waals surface area contributed by atoms with Crippen molar-refractivity contribution in [3.8, 4) is 0 Å². The highest BCUT2D eigenvalue weighted by molar-refractivity contribution is 5.71. The number of ether oxygens (including phenoxy) is 1. The third kappa shape index (κ3) is 4.48. The fraction of sp³-hybridized carbons (Fsp3) is 0.938. The van der Waals surface area contributed by atoms with Crippen molar-refractivity contribution in [3.05, 3.63) is 0 Å². The molecule has 3 heteroatoms. The molecule has 0 unspecified atom stereocenters. The second kappa shape index (κ2) is 7.28. The molecule has 1 spiro atoms. The quantitative estimate of drug-likeness (QED) is 0.565. The maximum atomic E-state index is 11.7. The van der Waals surface area contributed by atoms with Gasteiger partial charge in [0.15, 0.2) is 0 Å². The average Bonchev–Trinajstić information content (AvgIpc) is 2.43. The van der Waals surface area contributed by atoms with Gasteiger partial charge < -0.3 is 4.74 Å². The topological polar surface area (TPSA) is 29.5 Å². The highest BCUT2D eigenvalue weighted by Crippen LogP contribution is 2.44. The number of carbonyl (C=O) groups excluding carboxylic acids is 1. The number of rotatable bonds is 5. The van der Waals surface area contributed by atoms with Gasteiger partial charge in [-0.25, -0.2) is 0 Å². The number of esters is 1. The molecule has 0 atom stereocenters. The van der Waals surface area contributed by atoms with E-state index in [0.29, 0.717) is 18.6 Å². The van der Waals surface area contributed by atoms with Gasteiger partial charge in [-0.15, -0.1) is 0 Å². The molecule has 1 aliphatic carbocycles. The zero-order chi connectivity index (χ0) is 13.6. The number of hydrogen-bond donors (Lipinski definition) is 0. The normalized spacial score (nSPS) is 23.4.